The first-order valence-electron chi connectivity index (χ1n) is 8.42. The Balaban J connectivity index is 1.85. The smallest absolute Gasteiger partial charge is 0.236 e. The van der Waals surface area contributed by atoms with Gasteiger partial charge in [0.2, 0.25) is 5.91 Å². The van der Waals surface area contributed by atoms with E-state index < -0.39 is 0 Å². The molecule has 0 aliphatic carbocycles. The first-order valence-corrected chi connectivity index (χ1v) is 8.42. The summed E-state index contributed by atoms with van der Waals surface area (Å²) >= 11 is 0. The van der Waals surface area contributed by atoms with Crippen LogP contribution < -0.4 is 5.32 Å². The fourth-order valence-electron chi connectivity index (χ4n) is 3.63. The largest absolute Gasteiger partial charge is 0.339 e. The van der Waals surface area contributed by atoms with E-state index in [1.54, 1.807) is 0 Å². The molecule has 2 atom stereocenters. The molecule has 0 radical (unpaired) electrons. The minimum atomic E-state index is 0.344. The van der Waals surface area contributed by atoms with Crippen LogP contribution in [-0.2, 0) is 4.79 Å². The molecule has 4 heteroatoms. The molecule has 116 valence electrons. The van der Waals surface area contributed by atoms with Crippen molar-refractivity contribution in [1.29, 1.82) is 0 Å². The molecule has 2 aliphatic heterocycles. The summed E-state index contributed by atoms with van der Waals surface area (Å²) in [7, 11) is 2.12. The van der Waals surface area contributed by atoms with Crippen LogP contribution >= 0.6 is 0 Å². The average Bonchev–Trinajstić information content (AvgIpc) is 2.76. The molecule has 0 aromatic heterocycles. The van der Waals surface area contributed by atoms with Crippen LogP contribution in [0.1, 0.15) is 51.9 Å². The van der Waals surface area contributed by atoms with E-state index in [2.05, 4.69) is 29.1 Å². The van der Waals surface area contributed by atoms with Crippen LogP contribution in [0.15, 0.2) is 0 Å². The van der Waals surface area contributed by atoms with Gasteiger partial charge < -0.3 is 10.2 Å². The van der Waals surface area contributed by atoms with Crippen LogP contribution in [0.5, 0.6) is 0 Å². The Labute approximate surface area is 123 Å². The van der Waals surface area contributed by atoms with Crippen LogP contribution in [0.25, 0.3) is 0 Å². The van der Waals surface area contributed by atoms with Gasteiger partial charge in [-0.1, -0.05) is 6.92 Å². The summed E-state index contributed by atoms with van der Waals surface area (Å²) in [6, 6.07) is 1.05. The second kappa shape index (κ2) is 7.99. The molecule has 20 heavy (non-hydrogen) atoms. The summed E-state index contributed by atoms with van der Waals surface area (Å²) in [4.78, 5) is 17.0. The molecule has 4 nitrogen and oxygen atoms in total. The van der Waals surface area contributed by atoms with Gasteiger partial charge in [0.15, 0.2) is 0 Å². The average molecular weight is 281 g/mol. The van der Waals surface area contributed by atoms with Crippen LogP contribution in [0.3, 0.4) is 0 Å². The van der Waals surface area contributed by atoms with Crippen LogP contribution in [0.4, 0.5) is 0 Å². The summed E-state index contributed by atoms with van der Waals surface area (Å²) < 4.78 is 0. The number of hydrogen-bond acceptors (Lipinski definition) is 3. The highest BCUT2D eigenvalue weighted by atomic mass is 16.2. The maximum absolute atomic E-state index is 12.6. The molecule has 0 aromatic rings. The lowest BCUT2D eigenvalue weighted by Crippen LogP contribution is -2.48. The van der Waals surface area contributed by atoms with Crippen molar-refractivity contribution in [2.24, 2.45) is 0 Å². The molecule has 2 rings (SSSR count). The second-order valence-corrected chi connectivity index (χ2v) is 6.39. The van der Waals surface area contributed by atoms with Gasteiger partial charge in [0.05, 0.1) is 6.54 Å². The van der Waals surface area contributed by atoms with E-state index in [1.165, 1.54) is 38.5 Å². The second-order valence-electron chi connectivity index (χ2n) is 6.39. The van der Waals surface area contributed by atoms with Crippen molar-refractivity contribution in [2.75, 3.05) is 33.2 Å². The van der Waals surface area contributed by atoms with Crippen molar-refractivity contribution < 1.29 is 4.79 Å². The molecule has 2 aliphatic rings. The predicted octanol–water partition coefficient (Wildman–Crippen LogP) is 1.85. The number of nitrogens with zero attached hydrogens (tertiary/aromatic N) is 2. The van der Waals surface area contributed by atoms with E-state index in [9.17, 15) is 4.79 Å². The Morgan fingerprint density at radius 1 is 1.20 bits per heavy atom. The Hall–Kier alpha value is -0.610. The number of nitrogens with one attached hydrogen (secondary N) is 1. The highest BCUT2D eigenvalue weighted by Crippen LogP contribution is 2.20. The zero-order chi connectivity index (χ0) is 14.4. The highest BCUT2D eigenvalue weighted by Gasteiger charge is 2.27. The topological polar surface area (TPSA) is 35.6 Å². The van der Waals surface area contributed by atoms with Gasteiger partial charge in [0.25, 0.3) is 0 Å². The van der Waals surface area contributed by atoms with Gasteiger partial charge in [0.1, 0.15) is 0 Å². The fourth-order valence-corrected chi connectivity index (χ4v) is 3.63. The van der Waals surface area contributed by atoms with Gasteiger partial charge in [0, 0.05) is 18.6 Å². The van der Waals surface area contributed by atoms with E-state index >= 15 is 0 Å². The van der Waals surface area contributed by atoms with Crippen molar-refractivity contribution in [3.63, 3.8) is 0 Å². The third-order valence-corrected chi connectivity index (χ3v) is 4.97. The van der Waals surface area contributed by atoms with E-state index in [0.717, 1.165) is 26.1 Å². The molecule has 2 heterocycles. The predicted molar refractivity (Wildman–Crippen MR) is 82.8 cm³/mol. The monoisotopic (exact) mass is 281 g/mol. The van der Waals surface area contributed by atoms with Crippen LogP contribution in [0, 0.1) is 0 Å². The lowest BCUT2D eigenvalue weighted by atomic mass is 10.00. The van der Waals surface area contributed by atoms with Crippen molar-refractivity contribution in [3.8, 4) is 0 Å². The van der Waals surface area contributed by atoms with Crippen molar-refractivity contribution in [3.05, 3.63) is 0 Å². The number of carbonyl (C=O) groups excluding carboxylic acids is 1. The van der Waals surface area contributed by atoms with Crippen molar-refractivity contribution in [2.45, 2.75) is 64.0 Å². The molecule has 0 bridgehead atoms. The first-order chi connectivity index (χ1) is 9.72. The number of likely N-dealkylation sites (N-methyl/N-ethyl adjacent to an activating group) is 1. The standard InChI is InChI=1S/C16H31N3O/c1-3-14-7-4-5-12-19(14)16(20)13-18(2)15-8-6-10-17-11-9-15/h14-15,17H,3-13H2,1-2H3. The van der Waals surface area contributed by atoms with E-state index in [4.69, 9.17) is 0 Å². The minimum absolute atomic E-state index is 0.344. The zero-order valence-corrected chi connectivity index (χ0v) is 13.2. The molecule has 1 amide bonds. The molecule has 2 saturated heterocycles. The van der Waals surface area contributed by atoms with Gasteiger partial charge in [-0.2, -0.15) is 0 Å². The van der Waals surface area contributed by atoms with E-state index in [0.29, 0.717) is 24.5 Å². The zero-order valence-electron chi connectivity index (χ0n) is 13.2. The van der Waals surface area contributed by atoms with Gasteiger partial charge in [-0.05, 0) is 65.1 Å². The molecule has 2 unspecified atom stereocenters. The number of hydrogen-bond donors (Lipinski definition) is 1. The molecular formula is C16H31N3O. The first kappa shape index (κ1) is 15.8. The van der Waals surface area contributed by atoms with Crippen LogP contribution in [0.2, 0.25) is 0 Å². The summed E-state index contributed by atoms with van der Waals surface area (Å²) in [5.41, 5.74) is 0. The van der Waals surface area contributed by atoms with Crippen molar-refractivity contribution in [1.82, 2.24) is 15.1 Å². The Kier molecular flexibility index (Phi) is 6.30. The van der Waals surface area contributed by atoms with Gasteiger partial charge in [-0.25, -0.2) is 0 Å². The third kappa shape index (κ3) is 4.19. The summed E-state index contributed by atoms with van der Waals surface area (Å²) in [6.07, 6.45) is 8.37. The van der Waals surface area contributed by atoms with Crippen LogP contribution in [-0.4, -0.2) is 61.0 Å². The Bertz CT molecular complexity index is 300. The summed E-state index contributed by atoms with van der Waals surface area (Å²) in [5.74, 6) is 0.344. The molecule has 1 N–H and O–H groups in total. The normalized spacial score (nSPS) is 28.4. The quantitative estimate of drug-likeness (QED) is 0.854. The Morgan fingerprint density at radius 3 is 2.85 bits per heavy atom. The summed E-state index contributed by atoms with van der Waals surface area (Å²) in [6.45, 7) is 5.99. The van der Waals surface area contributed by atoms with E-state index in [-0.39, 0.29) is 0 Å². The lowest BCUT2D eigenvalue weighted by Gasteiger charge is -2.37. The molecule has 2 fully saturated rings. The maximum atomic E-state index is 12.6. The number of likely N-dealkylation sites (tertiary alicyclic amines) is 1. The molecule has 0 aromatic carbocycles. The number of rotatable bonds is 4. The SMILES string of the molecule is CCC1CCCCN1C(=O)CN(C)C1CCCNCC1. The lowest BCUT2D eigenvalue weighted by molar-refractivity contribution is -0.136. The maximum Gasteiger partial charge on any atom is 0.236 e. The summed E-state index contributed by atoms with van der Waals surface area (Å²) in [5, 5.41) is 3.44. The van der Waals surface area contributed by atoms with E-state index in [1.807, 2.05) is 0 Å². The van der Waals surface area contributed by atoms with Gasteiger partial charge >= 0.3 is 0 Å². The molecule has 0 saturated carbocycles. The Morgan fingerprint density at radius 2 is 2.05 bits per heavy atom. The minimum Gasteiger partial charge on any atom is -0.339 e. The number of amides is 1. The number of carbonyl (C=O) groups is 1. The highest BCUT2D eigenvalue weighted by molar-refractivity contribution is 5.78. The molecular weight excluding hydrogens is 250 g/mol. The fraction of sp³-hybridized carbons (Fsp3) is 0.938. The van der Waals surface area contributed by atoms with Crippen molar-refractivity contribution >= 4 is 5.91 Å². The molecule has 0 spiro atoms. The third-order valence-electron chi connectivity index (χ3n) is 4.97. The van der Waals surface area contributed by atoms with Gasteiger partial charge in [-0.3, -0.25) is 9.69 Å². The number of piperidine rings is 1. The van der Waals surface area contributed by atoms with Gasteiger partial charge in [-0.15, -0.1) is 0 Å².